The zero-order valence-electron chi connectivity index (χ0n) is 12.4. The van der Waals surface area contributed by atoms with Crippen molar-refractivity contribution in [3.8, 4) is 5.75 Å². The average molecular weight is 292 g/mol. The maximum Gasteiger partial charge on any atom is 0.166 e. The van der Waals surface area contributed by atoms with Gasteiger partial charge in [-0.25, -0.2) is 4.39 Å². The van der Waals surface area contributed by atoms with E-state index in [1.54, 1.807) is 6.07 Å². The number of Topliss-reactive ketones (excluding diaryl/α,β-unsaturated/α-hetero) is 1. The molecule has 3 rings (SSSR count). The van der Waals surface area contributed by atoms with Crippen LogP contribution in [-0.2, 0) is 4.74 Å². The molecule has 0 amide bonds. The zero-order valence-corrected chi connectivity index (χ0v) is 12.4. The van der Waals surface area contributed by atoms with Crippen molar-refractivity contribution in [3.05, 3.63) is 29.6 Å². The minimum Gasteiger partial charge on any atom is -0.494 e. The number of hydrogen-bond donors (Lipinski definition) is 0. The van der Waals surface area contributed by atoms with Gasteiger partial charge in [-0.3, -0.25) is 4.79 Å². The Morgan fingerprint density at radius 2 is 2.14 bits per heavy atom. The average Bonchev–Trinajstić information content (AvgIpc) is 2.95. The molecule has 0 N–H and O–H groups in total. The lowest BCUT2D eigenvalue weighted by atomic mass is 9.80. The third-order valence-electron chi connectivity index (χ3n) is 4.81. The van der Waals surface area contributed by atoms with E-state index < -0.39 is 5.82 Å². The van der Waals surface area contributed by atoms with Gasteiger partial charge in [0.15, 0.2) is 17.3 Å². The summed E-state index contributed by atoms with van der Waals surface area (Å²) in [6, 6.07) is 4.36. The third kappa shape index (κ3) is 2.82. The number of ether oxygens (including phenoxy) is 2. The van der Waals surface area contributed by atoms with Gasteiger partial charge in [0.05, 0.1) is 12.7 Å². The minimum atomic E-state index is -0.437. The Balaban J connectivity index is 1.78. The fourth-order valence-electron chi connectivity index (χ4n) is 3.67. The van der Waals surface area contributed by atoms with Crippen LogP contribution in [0.1, 0.15) is 48.9 Å². The molecule has 1 atom stereocenters. The second kappa shape index (κ2) is 5.76. The fourth-order valence-corrected chi connectivity index (χ4v) is 3.67. The van der Waals surface area contributed by atoms with Crippen molar-refractivity contribution in [2.75, 3.05) is 13.7 Å². The summed E-state index contributed by atoms with van der Waals surface area (Å²) >= 11 is 0. The molecule has 0 aromatic heterocycles. The van der Waals surface area contributed by atoms with E-state index in [-0.39, 0.29) is 23.1 Å². The van der Waals surface area contributed by atoms with Crippen LogP contribution in [-0.4, -0.2) is 25.1 Å². The van der Waals surface area contributed by atoms with Gasteiger partial charge in [-0.2, -0.15) is 0 Å². The first-order chi connectivity index (χ1) is 10.1. The number of rotatable bonds is 3. The van der Waals surface area contributed by atoms with Crippen molar-refractivity contribution in [1.82, 2.24) is 0 Å². The predicted molar refractivity (Wildman–Crippen MR) is 77.2 cm³/mol. The Kier molecular flexibility index (Phi) is 3.98. The topological polar surface area (TPSA) is 35.5 Å². The molecule has 2 aliphatic rings. The smallest absolute Gasteiger partial charge is 0.166 e. The second-order valence-electron chi connectivity index (χ2n) is 6.14. The van der Waals surface area contributed by atoms with Crippen molar-refractivity contribution < 1.29 is 18.7 Å². The summed E-state index contributed by atoms with van der Waals surface area (Å²) in [7, 11) is 1.41. The highest BCUT2D eigenvalue weighted by Gasteiger charge is 2.42. The Labute approximate surface area is 124 Å². The van der Waals surface area contributed by atoms with Gasteiger partial charge in [0.25, 0.3) is 0 Å². The van der Waals surface area contributed by atoms with Crippen LogP contribution in [0.2, 0.25) is 0 Å². The van der Waals surface area contributed by atoms with Crippen LogP contribution in [0.5, 0.6) is 5.75 Å². The molecule has 114 valence electrons. The molecule has 1 unspecified atom stereocenters. The van der Waals surface area contributed by atoms with Crippen LogP contribution >= 0.6 is 0 Å². The largest absolute Gasteiger partial charge is 0.494 e. The van der Waals surface area contributed by atoms with Crippen LogP contribution in [0.25, 0.3) is 0 Å². The number of benzene rings is 1. The molecule has 0 radical (unpaired) electrons. The first-order valence-corrected chi connectivity index (χ1v) is 7.65. The Hall–Kier alpha value is -1.42. The second-order valence-corrected chi connectivity index (χ2v) is 6.14. The molecular weight excluding hydrogens is 271 g/mol. The van der Waals surface area contributed by atoms with Crippen LogP contribution in [0, 0.1) is 11.7 Å². The molecule has 1 saturated carbocycles. The van der Waals surface area contributed by atoms with E-state index >= 15 is 0 Å². The normalized spacial score (nSPS) is 24.2. The van der Waals surface area contributed by atoms with Crippen LogP contribution in [0.15, 0.2) is 18.2 Å². The maximum absolute atomic E-state index is 13.5. The van der Waals surface area contributed by atoms with Gasteiger partial charge in [-0.1, -0.05) is 12.8 Å². The Morgan fingerprint density at radius 1 is 1.38 bits per heavy atom. The highest BCUT2D eigenvalue weighted by atomic mass is 19.1. The third-order valence-corrected chi connectivity index (χ3v) is 4.81. The number of ketones is 1. The lowest BCUT2D eigenvalue weighted by Gasteiger charge is -2.37. The molecular formula is C17H21FO3. The molecule has 3 nitrogen and oxygen atoms in total. The molecule has 2 fully saturated rings. The van der Waals surface area contributed by atoms with Crippen LogP contribution in [0.3, 0.4) is 0 Å². The summed E-state index contributed by atoms with van der Waals surface area (Å²) in [6.07, 6.45) is 6.04. The van der Waals surface area contributed by atoms with E-state index in [9.17, 15) is 9.18 Å². The monoisotopic (exact) mass is 292 g/mol. The van der Waals surface area contributed by atoms with E-state index in [0.717, 1.165) is 25.7 Å². The SMILES string of the molecule is COc1cc(C(=O)C2CCOC3(CCCC3)C2)ccc1F. The zero-order chi connectivity index (χ0) is 14.9. The van der Waals surface area contributed by atoms with Gasteiger partial charge in [0, 0.05) is 18.1 Å². The standard InChI is InChI=1S/C17H21FO3/c1-20-15-10-12(4-5-14(15)18)16(19)13-6-9-21-17(11-13)7-2-3-8-17/h4-5,10,13H,2-3,6-9,11H2,1H3. The van der Waals surface area contributed by atoms with E-state index in [2.05, 4.69) is 0 Å². The van der Waals surface area contributed by atoms with Crippen molar-refractivity contribution in [3.63, 3.8) is 0 Å². The molecule has 1 aliphatic carbocycles. The molecule has 1 saturated heterocycles. The van der Waals surface area contributed by atoms with Crippen molar-refractivity contribution in [2.45, 2.75) is 44.1 Å². The Bertz CT molecular complexity index is 535. The Morgan fingerprint density at radius 3 is 2.86 bits per heavy atom. The fraction of sp³-hybridized carbons (Fsp3) is 0.588. The molecule has 1 aromatic rings. The van der Waals surface area contributed by atoms with Gasteiger partial charge >= 0.3 is 0 Å². The lowest BCUT2D eigenvalue weighted by molar-refractivity contribution is -0.0866. The number of carbonyl (C=O) groups is 1. The number of halogens is 1. The van der Waals surface area contributed by atoms with Crippen molar-refractivity contribution in [2.24, 2.45) is 5.92 Å². The van der Waals surface area contributed by atoms with E-state index in [0.29, 0.717) is 12.2 Å². The van der Waals surface area contributed by atoms with E-state index in [1.165, 1.54) is 32.1 Å². The number of carbonyl (C=O) groups excluding carboxylic acids is 1. The first kappa shape index (κ1) is 14.5. The molecule has 21 heavy (non-hydrogen) atoms. The molecule has 1 spiro atoms. The van der Waals surface area contributed by atoms with E-state index in [1.807, 2.05) is 0 Å². The summed E-state index contributed by atoms with van der Waals surface area (Å²) < 4.78 is 24.4. The van der Waals surface area contributed by atoms with Gasteiger partial charge in [-0.15, -0.1) is 0 Å². The number of methoxy groups -OCH3 is 1. The maximum atomic E-state index is 13.5. The first-order valence-electron chi connectivity index (χ1n) is 7.65. The molecule has 4 heteroatoms. The molecule has 1 aliphatic heterocycles. The van der Waals surface area contributed by atoms with Crippen molar-refractivity contribution in [1.29, 1.82) is 0 Å². The lowest BCUT2D eigenvalue weighted by Crippen LogP contribution is -2.39. The van der Waals surface area contributed by atoms with E-state index in [4.69, 9.17) is 9.47 Å². The summed E-state index contributed by atoms with van der Waals surface area (Å²) in [5.74, 6) is -0.244. The molecule has 1 aromatic carbocycles. The molecule has 0 bridgehead atoms. The van der Waals surface area contributed by atoms with Gasteiger partial charge in [0.2, 0.25) is 0 Å². The predicted octanol–water partition coefficient (Wildman–Crippen LogP) is 3.76. The molecule has 1 heterocycles. The summed E-state index contributed by atoms with van der Waals surface area (Å²) in [5.41, 5.74) is 0.455. The minimum absolute atomic E-state index is 0.0213. The highest BCUT2D eigenvalue weighted by molar-refractivity contribution is 5.98. The van der Waals surface area contributed by atoms with Gasteiger partial charge in [-0.05, 0) is 43.9 Å². The summed E-state index contributed by atoms with van der Waals surface area (Å²) in [5, 5.41) is 0. The van der Waals surface area contributed by atoms with Gasteiger partial charge < -0.3 is 9.47 Å². The highest BCUT2D eigenvalue weighted by Crippen LogP contribution is 2.42. The number of hydrogen-bond acceptors (Lipinski definition) is 3. The van der Waals surface area contributed by atoms with Crippen LogP contribution < -0.4 is 4.74 Å². The summed E-state index contributed by atoms with van der Waals surface area (Å²) in [4.78, 5) is 12.7. The van der Waals surface area contributed by atoms with Crippen LogP contribution in [0.4, 0.5) is 4.39 Å². The summed E-state index contributed by atoms with van der Waals surface area (Å²) in [6.45, 7) is 0.648. The quantitative estimate of drug-likeness (QED) is 0.796. The van der Waals surface area contributed by atoms with Crippen molar-refractivity contribution >= 4 is 5.78 Å². The van der Waals surface area contributed by atoms with Gasteiger partial charge in [0.1, 0.15) is 0 Å².